The number of methoxy groups -OCH3 is 2. The van der Waals surface area contributed by atoms with Crippen LogP contribution < -0.4 is 5.73 Å². The first kappa shape index (κ1) is 17.7. The summed E-state index contributed by atoms with van der Waals surface area (Å²) in [4.78, 5) is 14.6. The van der Waals surface area contributed by atoms with E-state index in [0.717, 1.165) is 6.42 Å². The van der Waals surface area contributed by atoms with Crippen LogP contribution >= 0.6 is 0 Å². The van der Waals surface area contributed by atoms with E-state index >= 15 is 0 Å². The summed E-state index contributed by atoms with van der Waals surface area (Å²) in [7, 11) is 3.23. The average molecular weight is 301 g/mol. The largest absolute Gasteiger partial charge is 0.409 e. The van der Waals surface area contributed by atoms with Gasteiger partial charge in [-0.2, -0.15) is 0 Å². The lowest BCUT2D eigenvalue weighted by molar-refractivity contribution is -0.145. The predicted molar refractivity (Wildman–Crippen MR) is 79.2 cm³/mol. The smallest absolute Gasteiger partial charge is 0.236 e. The van der Waals surface area contributed by atoms with E-state index < -0.39 is 5.41 Å². The van der Waals surface area contributed by atoms with E-state index in [-0.39, 0.29) is 11.7 Å². The molecule has 1 rings (SSSR count). The SMILES string of the molecule is COCCCN(CCOC)C(=O)C1(C(N)=NO)CC(C)C1. The number of carbonyl (C=O) groups excluding carboxylic acids is 1. The minimum Gasteiger partial charge on any atom is -0.409 e. The Balaban J connectivity index is 2.80. The van der Waals surface area contributed by atoms with Gasteiger partial charge < -0.3 is 25.3 Å². The summed E-state index contributed by atoms with van der Waals surface area (Å²) in [5.74, 6) is 0.335. The zero-order valence-corrected chi connectivity index (χ0v) is 13.2. The lowest BCUT2D eigenvalue weighted by atomic mass is 9.61. The molecule has 0 aromatic carbocycles. The molecule has 1 aliphatic carbocycles. The molecule has 7 heteroatoms. The van der Waals surface area contributed by atoms with Gasteiger partial charge in [0.2, 0.25) is 5.91 Å². The Morgan fingerprint density at radius 3 is 2.43 bits per heavy atom. The zero-order valence-electron chi connectivity index (χ0n) is 13.2. The van der Waals surface area contributed by atoms with E-state index in [4.69, 9.17) is 20.4 Å². The first-order valence-electron chi connectivity index (χ1n) is 7.27. The fraction of sp³-hybridized carbons (Fsp3) is 0.857. The molecule has 0 aromatic rings. The number of amidine groups is 1. The summed E-state index contributed by atoms with van der Waals surface area (Å²) in [6, 6.07) is 0. The molecule has 0 radical (unpaired) electrons. The van der Waals surface area contributed by atoms with Gasteiger partial charge in [-0.3, -0.25) is 4.79 Å². The number of nitrogens with zero attached hydrogens (tertiary/aromatic N) is 2. The fourth-order valence-electron chi connectivity index (χ4n) is 2.94. The quantitative estimate of drug-likeness (QED) is 0.214. The molecule has 0 heterocycles. The molecular formula is C14H27N3O4. The third kappa shape index (κ3) is 4.07. The topological polar surface area (TPSA) is 97.4 Å². The van der Waals surface area contributed by atoms with Crippen molar-refractivity contribution in [2.75, 3.05) is 40.5 Å². The molecule has 0 saturated heterocycles. The number of ether oxygens (including phenoxy) is 2. The maximum Gasteiger partial charge on any atom is 0.236 e. The van der Waals surface area contributed by atoms with Crippen LogP contribution in [0.4, 0.5) is 0 Å². The van der Waals surface area contributed by atoms with Crippen molar-refractivity contribution in [1.82, 2.24) is 4.90 Å². The van der Waals surface area contributed by atoms with Gasteiger partial charge in [0.25, 0.3) is 0 Å². The molecule has 1 fully saturated rings. The maximum absolute atomic E-state index is 12.9. The summed E-state index contributed by atoms with van der Waals surface area (Å²) in [6.07, 6.45) is 1.98. The maximum atomic E-state index is 12.9. The predicted octanol–water partition coefficient (Wildman–Crippen LogP) is 0.661. The van der Waals surface area contributed by atoms with Crippen molar-refractivity contribution in [3.63, 3.8) is 0 Å². The molecule has 1 saturated carbocycles. The summed E-state index contributed by atoms with van der Waals surface area (Å²) < 4.78 is 10.1. The van der Waals surface area contributed by atoms with Crippen LogP contribution in [0.15, 0.2) is 5.16 Å². The van der Waals surface area contributed by atoms with Gasteiger partial charge in [-0.1, -0.05) is 12.1 Å². The first-order chi connectivity index (χ1) is 10.0. The van der Waals surface area contributed by atoms with Crippen molar-refractivity contribution in [1.29, 1.82) is 0 Å². The van der Waals surface area contributed by atoms with Crippen LogP contribution in [-0.2, 0) is 14.3 Å². The second-order valence-electron chi connectivity index (χ2n) is 5.71. The Bertz CT molecular complexity index is 367. The van der Waals surface area contributed by atoms with Crippen molar-refractivity contribution in [3.8, 4) is 0 Å². The van der Waals surface area contributed by atoms with Crippen LogP contribution in [0, 0.1) is 11.3 Å². The molecule has 3 N–H and O–H groups in total. The Hall–Kier alpha value is -1.34. The van der Waals surface area contributed by atoms with E-state index in [1.165, 1.54) is 0 Å². The van der Waals surface area contributed by atoms with Crippen molar-refractivity contribution < 1.29 is 19.5 Å². The molecule has 0 spiro atoms. The third-order valence-corrected chi connectivity index (χ3v) is 4.03. The summed E-state index contributed by atoms with van der Waals surface area (Å²) in [5.41, 5.74) is 4.94. The van der Waals surface area contributed by atoms with Gasteiger partial charge in [-0.15, -0.1) is 0 Å². The molecular weight excluding hydrogens is 274 g/mol. The standard InChI is InChI=1S/C14H27N3O4/c1-11-9-14(10-11,12(15)16-19)13(18)17(6-8-21-3)5-4-7-20-2/h11,19H,4-10H2,1-3H3,(H2,15,16). The van der Waals surface area contributed by atoms with E-state index in [2.05, 4.69) is 12.1 Å². The number of nitrogens with two attached hydrogens (primary N) is 1. The number of hydrogen-bond acceptors (Lipinski definition) is 5. The monoisotopic (exact) mass is 301 g/mol. The van der Waals surface area contributed by atoms with Gasteiger partial charge >= 0.3 is 0 Å². The molecule has 0 unspecified atom stereocenters. The van der Waals surface area contributed by atoms with Crippen LogP contribution in [0.25, 0.3) is 0 Å². The van der Waals surface area contributed by atoms with Crippen molar-refractivity contribution >= 4 is 11.7 Å². The molecule has 122 valence electrons. The molecule has 0 bridgehead atoms. The van der Waals surface area contributed by atoms with Gasteiger partial charge in [-0.25, -0.2) is 0 Å². The van der Waals surface area contributed by atoms with Crippen LogP contribution in [0.2, 0.25) is 0 Å². The Labute approximate surface area is 126 Å². The lowest BCUT2D eigenvalue weighted by Crippen LogP contribution is -2.58. The Morgan fingerprint density at radius 2 is 1.95 bits per heavy atom. The Morgan fingerprint density at radius 1 is 1.33 bits per heavy atom. The molecule has 0 aliphatic heterocycles. The molecule has 7 nitrogen and oxygen atoms in total. The number of rotatable bonds is 9. The van der Waals surface area contributed by atoms with E-state index in [0.29, 0.717) is 45.1 Å². The molecule has 0 atom stereocenters. The van der Waals surface area contributed by atoms with Crippen molar-refractivity contribution in [2.24, 2.45) is 22.2 Å². The molecule has 21 heavy (non-hydrogen) atoms. The third-order valence-electron chi connectivity index (χ3n) is 4.03. The van der Waals surface area contributed by atoms with E-state index in [9.17, 15) is 4.79 Å². The Kier molecular flexibility index (Phi) is 6.91. The molecule has 0 aromatic heterocycles. The zero-order chi connectivity index (χ0) is 15.9. The van der Waals surface area contributed by atoms with Crippen LogP contribution in [0.1, 0.15) is 26.2 Å². The second-order valence-corrected chi connectivity index (χ2v) is 5.71. The minimum absolute atomic E-state index is 0.0137. The highest BCUT2D eigenvalue weighted by Gasteiger charge is 2.53. The number of oxime groups is 1. The van der Waals surface area contributed by atoms with Gasteiger partial charge in [-0.05, 0) is 25.2 Å². The van der Waals surface area contributed by atoms with Gasteiger partial charge in [0.15, 0.2) is 5.84 Å². The van der Waals surface area contributed by atoms with E-state index in [1.807, 2.05) is 0 Å². The van der Waals surface area contributed by atoms with Crippen molar-refractivity contribution in [3.05, 3.63) is 0 Å². The first-order valence-corrected chi connectivity index (χ1v) is 7.27. The summed E-state index contributed by atoms with van der Waals surface area (Å²) >= 11 is 0. The van der Waals surface area contributed by atoms with Crippen LogP contribution in [0.5, 0.6) is 0 Å². The fourth-order valence-corrected chi connectivity index (χ4v) is 2.94. The normalized spacial score (nSPS) is 25.5. The molecule has 1 amide bonds. The van der Waals surface area contributed by atoms with Gasteiger partial charge in [0, 0.05) is 33.9 Å². The highest BCUT2D eigenvalue weighted by atomic mass is 16.5. The highest BCUT2D eigenvalue weighted by Crippen LogP contribution is 2.47. The summed E-state index contributed by atoms with van der Waals surface area (Å²) in [5, 5.41) is 12.1. The number of carbonyl (C=O) groups is 1. The van der Waals surface area contributed by atoms with Crippen molar-refractivity contribution in [2.45, 2.75) is 26.2 Å². The van der Waals surface area contributed by atoms with E-state index in [1.54, 1.807) is 19.1 Å². The average Bonchev–Trinajstić information content (AvgIpc) is 2.45. The molecule has 1 aliphatic rings. The number of amides is 1. The summed E-state index contributed by atoms with van der Waals surface area (Å²) in [6.45, 7) is 4.17. The van der Waals surface area contributed by atoms with Gasteiger partial charge in [0.05, 0.1) is 6.61 Å². The van der Waals surface area contributed by atoms with Crippen LogP contribution in [-0.4, -0.2) is 62.4 Å². The number of hydrogen-bond donors (Lipinski definition) is 2. The van der Waals surface area contributed by atoms with Gasteiger partial charge in [0.1, 0.15) is 5.41 Å². The second kappa shape index (κ2) is 8.19. The highest BCUT2D eigenvalue weighted by molar-refractivity contribution is 6.07. The lowest BCUT2D eigenvalue weighted by Gasteiger charge is -2.46. The minimum atomic E-state index is -0.852. The van der Waals surface area contributed by atoms with Crippen LogP contribution in [0.3, 0.4) is 0 Å².